The van der Waals surface area contributed by atoms with Crippen molar-refractivity contribution in [3.05, 3.63) is 90.1 Å². The van der Waals surface area contributed by atoms with Crippen LogP contribution in [0.3, 0.4) is 0 Å². The summed E-state index contributed by atoms with van der Waals surface area (Å²) in [6.45, 7) is 4.29. The third-order valence-corrected chi connectivity index (χ3v) is 8.09. The van der Waals surface area contributed by atoms with Crippen molar-refractivity contribution in [2.75, 3.05) is 19.7 Å². The number of imidazole rings is 1. The maximum Gasteiger partial charge on any atom is 0.253 e. The molecule has 1 fully saturated rings. The molecule has 1 aliphatic rings. The minimum Gasteiger partial charge on any atom is -0.494 e. The average Bonchev–Trinajstić information content (AvgIpc) is 3.48. The Labute approximate surface area is 215 Å². The predicted octanol–water partition coefficient (Wildman–Crippen LogP) is 6.71. The molecule has 36 heavy (non-hydrogen) atoms. The summed E-state index contributed by atoms with van der Waals surface area (Å²) in [7, 11) is 0. The monoisotopic (exact) mass is 495 g/mol. The normalized spacial score (nSPS) is 14.5. The first kappa shape index (κ1) is 22.8. The molecule has 0 unspecified atom stereocenters. The highest BCUT2D eigenvalue weighted by molar-refractivity contribution is 7.23. The van der Waals surface area contributed by atoms with Gasteiger partial charge in [-0.3, -0.25) is 9.20 Å². The van der Waals surface area contributed by atoms with Crippen molar-refractivity contribution in [2.24, 2.45) is 5.92 Å². The molecule has 1 amide bonds. The van der Waals surface area contributed by atoms with E-state index in [9.17, 15) is 4.79 Å². The molecule has 5 aromatic rings. The second-order valence-corrected chi connectivity index (χ2v) is 10.5. The number of piperidine rings is 1. The molecule has 3 heterocycles. The Balaban J connectivity index is 1.16. The van der Waals surface area contributed by atoms with E-state index in [-0.39, 0.29) is 5.91 Å². The fourth-order valence-corrected chi connectivity index (χ4v) is 6.18. The van der Waals surface area contributed by atoms with Crippen LogP contribution in [0.15, 0.2) is 79.0 Å². The van der Waals surface area contributed by atoms with Gasteiger partial charge in [0, 0.05) is 30.4 Å². The van der Waals surface area contributed by atoms with Gasteiger partial charge < -0.3 is 9.64 Å². The number of hydrogen-bond acceptors (Lipinski definition) is 4. The molecule has 0 atom stereocenters. The van der Waals surface area contributed by atoms with E-state index in [0.717, 1.165) is 70.1 Å². The van der Waals surface area contributed by atoms with Gasteiger partial charge in [0.1, 0.15) is 5.75 Å². The minimum absolute atomic E-state index is 0.135. The first-order valence-electron chi connectivity index (χ1n) is 12.7. The molecule has 2 aromatic heterocycles. The lowest BCUT2D eigenvalue weighted by molar-refractivity contribution is 0.0690. The number of carbonyl (C=O) groups excluding carboxylic acids is 1. The summed E-state index contributed by atoms with van der Waals surface area (Å²) in [4.78, 5) is 21.1. The summed E-state index contributed by atoms with van der Waals surface area (Å²) in [5.74, 6) is 1.65. The second-order valence-electron chi connectivity index (χ2n) is 9.45. The van der Waals surface area contributed by atoms with Gasteiger partial charge in [0.25, 0.3) is 5.91 Å². The highest BCUT2D eigenvalue weighted by Crippen LogP contribution is 2.31. The second kappa shape index (κ2) is 9.78. The number of likely N-dealkylation sites (tertiary alicyclic amines) is 1. The van der Waals surface area contributed by atoms with Crippen molar-refractivity contribution in [2.45, 2.75) is 26.2 Å². The Bertz CT molecular complexity index is 1500. The number of carbonyl (C=O) groups is 1. The van der Waals surface area contributed by atoms with Crippen LogP contribution in [0.5, 0.6) is 5.75 Å². The van der Waals surface area contributed by atoms with E-state index in [1.165, 1.54) is 5.56 Å². The van der Waals surface area contributed by atoms with Crippen LogP contribution >= 0.6 is 11.3 Å². The summed E-state index contributed by atoms with van der Waals surface area (Å²) >= 11 is 1.62. The molecule has 6 heteroatoms. The number of ether oxygens (including phenoxy) is 1. The number of nitrogens with zero attached hydrogens (tertiary/aromatic N) is 3. The van der Waals surface area contributed by atoms with Gasteiger partial charge in [0.2, 0.25) is 0 Å². The Morgan fingerprint density at radius 1 is 1.03 bits per heavy atom. The van der Waals surface area contributed by atoms with Crippen molar-refractivity contribution in [3.63, 3.8) is 0 Å². The third kappa shape index (κ3) is 4.49. The van der Waals surface area contributed by atoms with Crippen LogP contribution in [0.4, 0.5) is 0 Å². The zero-order chi connectivity index (χ0) is 24.5. The largest absolute Gasteiger partial charge is 0.494 e. The van der Waals surface area contributed by atoms with Gasteiger partial charge in [-0.25, -0.2) is 4.98 Å². The molecule has 0 spiro atoms. The summed E-state index contributed by atoms with van der Waals surface area (Å²) in [6.07, 6.45) is 5.29. The number of hydrogen-bond donors (Lipinski definition) is 0. The van der Waals surface area contributed by atoms with Gasteiger partial charge in [-0.2, -0.15) is 0 Å². The summed E-state index contributed by atoms with van der Waals surface area (Å²) in [5.41, 5.74) is 5.23. The molecule has 0 bridgehead atoms. The van der Waals surface area contributed by atoms with Crippen LogP contribution in [0.25, 0.3) is 26.4 Å². The van der Waals surface area contributed by atoms with E-state index in [0.29, 0.717) is 12.5 Å². The molecule has 0 aliphatic carbocycles. The summed E-state index contributed by atoms with van der Waals surface area (Å²) in [5, 5.41) is 0. The van der Waals surface area contributed by atoms with E-state index in [4.69, 9.17) is 9.72 Å². The number of rotatable bonds is 6. The smallest absolute Gasteiger partial charge is 0.253 e. The van der Waals surface area contributed by atoms with E-state index in [2.05, 4.69) is 47.0 Å². The molecule has 182 valence electrons. The summed E-state index contributed by atoms with van der Waals surface area (Å²) < 4.78 is 8.75. The molecule has 1 saturated heterocycles. The van der Waals surface area contributed by atoms with Gasteiger partial charge in [0.15, 0.2) is 4.96 Å². The fourth-order valence-electron chi connectivity index (χ4n) is 5.13. The Hall–Kier alpha value is -3.64. The van der Waals surface area contributed by atoms with Gasteiger partial charge >= 0.3 is 0 Å². The fraction of sp³-hybridized carbons (Fsp3) is 0.267. The Morgan fingerprint density at radius 3 is 2.56 bits per heavy atom. The van der Waals surface area contributed by atoms with Crippen molar-refractivity contribution in [1.29, 1.82) is 0 Å². The standard InChI is InChI=1S/C30H29N3O2S/c1-2-35-25-11-8-23(9-12-25)26-20-33-27-13-10-24(19-28(27)36-30(33)31-26)29(34)32-16-14-22(15-17-32)18-21-6-4-3-5-7-21/h3-13,19-20,22H,2,14-18H2,1H3. The summed E-state index contributed by atoms with van der Waals surface area (Å²) in [6, 6.07) is 24.8. The lowest BCUT2D eigenvalue weighted by Crippen LogP contribution is -2.38. The van der Waals surface area contributed by atoms with Crippen molar-refractivity contribution < 1.29 is 9.53 Å². The first-order valence-corrected chi connectivity index (χ1v) is 13.5. The number of benzene rings is 3. The van der Waals surface area contributed by atoms with Crippen LogP contribution in [-0.4, -0.2) is 39.9 Å². The number of thiazole rings is 1. The zero-order valence-corrected chi connectivity index (χ0v) is 21.2. The maximum atomic E-state index is 13.3. The van der Waals surface area contributed by atoms with Crippen LogP contribution < -0.4 is 4.74 Å². The average molecular weight is 496 g/mol. The van der Waals surface area contributed by atoms with Crippen LogP contribution in [-0.2, 0) is 6.42 Å². The number of aromatic nitrogens is 2. The number of fused-ring (bicyclic) bond motifs is 3. The topological polar surface area (TPSA) is 46.8 Å². The van der Waals surface area contributed by atoms with E-state index in [1.807, 2.05) is 48.2 Å². The molecule has 5 nitrogen and oxygen atoms in total. The van der Waals surface area contributed by atoms with Crippen molar-refractivity contribution in [1.82, 2.24) is 14.3 Å². The highest BCUT2D eigenvalue weighted by Gasteiger charge is 2.24. The van der Waals surface area contributed by atoms with Gasteiger partial charge in [-0.15, -0.1) is 0 Å². The van der Waals surface area contributed by atoms with Crippen LogP contribution in [0, 0.1) is 5.92 Å². The van der Waals surface area contributed by atoms with E-state index in [1.54, 1.807) is 11.3 Å². The quantitative estimate of drug-likeness (QED) is 0.263. The van der Waals surface area contributed by atoms with Crippen molar-refractivity contribution >= 4 is 32.4 Å². The third-order valence-electron chi connectivity index (χ3n) is 7.07. The van der Waals surface area contributed by atoms with Gasteiger partial charge in [0.05, 0.1) is 22.5 Å². The maximum absolute atomic E-state index is 13.3. The number of amides is 1. The predicted molar refractivity (Wildman–Crippen MR) is 146 cm³/mol. The van der Waals surface area contributed by atoms with E-state index < -0.39 is 0 Å². The molecule has 0 N–H and O–H groups in total. The van der Waals surface area contributed by atoms with Gasteiger partial charge in [-0.05, 0) is 80.1 Å². The Morgan fingerprint density at radius 2 is 1.81 bits per heavy atom. The molecular weight excluding hydrogens is 466 g/mol. The molecule has 0 radical (unpaired) electrons. The lowest BCUT2D eigenvalue weighted by atomic mass is 9.90. The lowest BCUT2D eigenvalue weighted by Gasteiger charge is -2.32. The zero-order valence-electron chi connectivity index (χ0n) is 20.4. The first-order chi connectivity index (χ1) is 17.7. The van der Waals surface area contributed by atoms with Crippen molar-refractivity contribution in [3.8, 4) is 17.0 Å². The molecular formula is C30H29N3O2S. The molecule has 3 aromatic carbocycles. The van der Waals surface area contributed by atoms with E-state index >= 15 is 0 Å². The minimum atomic E-state index is 0.135. The van der Waals surface area contributed by atoms with Crippen LogP contribution in [0.1, 0.15) is 35.7 Å². The molecule has 0 saturated carbocycles. The van der Waals surface area contributed by atoms with Gasteiger partial charge in [-0.1, -0.05) is 41.7 Å². The molecule has 1 aliphatic heterocycles. The molecule has 6 rings (SSSR count). The SMILES string of the molecule is CCOc1ccc(-c2cn3c(n2)sc2cc(C(=O)N4CCC(Cc5ccccc5)CC4)ccc23)cc1. The Kier molecular flexibility index (Phi) is 6.20. The van der Waals surface area contributed by atoms with Crippen LogP contribution in [0.2, 0.25) is 0 Å². The highest BCUT2D eigenvalue weighted by atomic mass is 32.1.